The molecule has 0 aliphatic rings. The molecule has 1 aromatic rings. The van der Waals surface area contributed by atoms with E-state index in [0.29, 0.717) is 6.29 Å². The summed E-state index contributed by atoms with van der Waals surface area (Å²) in [5.41, 5.74) is -2.99. The lowest BCUT2D eigenvalue weighted by atomic mass is 9.92. The molecule has 9 heteroatoms. The Morgan fingerprint density at radius 1 is 1.33 bits per heavy atom. The van der Waals surface area contributed by atoms with Crippen molar-refractivity contribution in [2.45, 2.75) is 38.8 Å². The van der Waals surface area contributed by atoms with E-state index in [1.807, 2.05) is 0 Å². The number of nitro groups is 1. The van der Waals surface area contributed by atoms with Gasteiger partial charge in [0.1, 0.15) is 17.4 Å². The standard InChI is InChI=1S/C15H20N2O7/c1-14(2,3)24-13(20)16-15(4,8-18)9-6-10(17(21)22)12(19)11(7-9)23-5/h6-8,19H,1-5H3,(H,16,20). The average Bonchev–Trinajstić information content (AvgIpc) is 2.44. The van der Waals surface area contributed by atoms with Crippen LogP contribution in [-0.2, 0) is 15.1 Å². The van der Waals surface area contributed by atoms with E-state index in [1.165, 1.54) is 20.1 Å². The molecular weight excluding hydrogens is 320 g/mol. The second-order valence-electron chi connectivity index (χ2n) is 6.25. The molecule has 0 radical (unpaired) electrons. The maximum Gasteiger partial charge on any atom is 0.408 e. The van der Waals surface area contributed by atoms with Crippen LogP contribution in [0.2, 0.25) is 0 Å². The molecule has 0 heterocycles. The number of nitrogens with one attached hydrogen (secondary N) is 1. The van der Waals surface area contributed by atoms with Crippen LogP contribution in [0.3, 0.4) is 0 Å². The molecule has 2 N–H and O–H groups in total. The van der Waals surface area contributed by atoms with E-state index in [4.69, 9.17) is 9.47 Å². The Bertz CT molecular complexity index is 667. The molecule has 24 heavy (non-hydrogen) atoms. The van der Waals surface area contributed by atoms with Crippen LogP contribution in [0.1, 0.15) is 33.3 Å². The first-order valence-electron chi connectivity index (χ1n) is 6.97. The molecule has 0 aliphatic carbocycles. The van der Waals surface area contributed by atoms with Gasteiger partial charge in [-0.2, -0.15) is 0 Å². The van der Waals surface area contributed by atoms with Gasteiger partial charge in [0.2, 0.25) is 5.75 Å². The summed E-state index contributed by atoms with van der Waals surface area (Å²) in [6, 6.07) is 2.22. The molecule has 1 aromatic carbocycles. The molecule has 0 bridgehead atoms. The third-order valence-electron chi connectivity index (χ3n) is 3.07. The number of nitrogens with zero attached hydrogens (tertiary/aromatic N) is 1. The molecule has 132 valence electrons. The van der Waals surface area contributed by atoms with E-state index in [1.54, 1.807) is 20.8 Å². The SMILES string of the molecule is COc1cc(C(C)(C=O)NC(=O)OC(C)(C)C)cc([N+](=O)[O-])c1O. The highest BCUT2D eigenvalue weighted by Gasteiger charge is 2.34. The molecule has 0 aliphatic heterocycles. The molecule has 0 saturated carbocycles. The number of hydrogen-bond acceptors (Lipinski definition) is 7. The molecule has 0 saturated heterocycles. The Kier molecular flexibility index (Phi) is 5.39. The summed E-state index contributed by atoms with van der Waals surface area (Å²) in [5.74, 6) is -0.866. The zero-order chi connectivity index (χ0) is 18.7. The number of alkyl carbamates (subject to hydrolysis) is 1. The highest BCUT2D eigenvalue weighted by Crippen LogP contribution is 2.39. The summed E-state index contributed by atoms with van der Waals surface area (Å²) in [7, 11) is 1.21. The second-order valence-corrected chi connectivity index (χ2v) is 6.25. The maximum atomic E-state index is 11.9. The number of rotatable bonds is 5. The summed E-state index contributed by atoms with van der Waals surface area (Å²) < 4.78 is 9.98. The van der Waals surface area contributed by atoms with Crippen LogP contribution in [0, 0.1) is 10.1 Å². The minimum absolute atomic E-state index is 0.0599. The van der Waals surface area contributed by atoms with Gasteiger partial charge in [0, 0.05) is 6.07 Å². The van der Waals surface area contributed by atoms with Crippen LogP contribution >= 0.6 is 0 Å². The van der Waals surface area contributed by atoms with Crippen molar-refractivity contribution in [3.05, 3.63) is 27.8 Å². The minimum atomic E-state index is -1.62. The Morgan fingerprint density at radius 3 is 2.33 bits per heavy atom. The number of aldehydes is 1. The van der Waals surface area contributed by atoms with E-state index < -0.39 is 33.6 Å². The van der Waals surface area contributed by atoms with Gasteiger partial charge in [-0.1, -0.05) is 0 Å². The topological polar surface area (TPSA) is 128 Å². The van der Waals surface area contributed by atoms with Crippen LogP contribution < -0.4 is 10.1 Å². The Balaban J connectivity index is 3.33. The van der Waals surface area contributed by atoms with Crippen LogP contribution in [0.4, 0.5) is 10.5 Å². The molecule has 9 nitrogen and oxygen atoms in total. The zero-order valence-electron chi connectivity index (χ0n) is 14.1. The van der Waals surface area contributed by atoms with Gasteiger partial charge in [0.15, 0.2) is 5.75 Å². The van der Waals surface area contributed by atoms with Gasteiger partial charge < -0.3 is 24.7 Å². The second kappa shape index (κ2) is 6.73. The number of benzene rings is 1. The zero-order valence-corrected chi connectivity index (χ0v) is 14.1. The summed E-state index contributed by atoms with van der Waals surface area (Å²) in [5, 5.41) is 23.2. The van der Waals surface area contributed by atoms with Gasteiger partial charge >= 0.3 is 11.8 Å². The first-order valence-corrected chi connectivity index (χ1v) is 6.97. The molecule has 0 fully saturated rings. The summed E-state index contributed by atoms with van der Waals surface area (Å²) in [6.45, 7) is 6.30. The molecule has 0 aromatic heterocycles. The van der Waals surface area contributed by atoms with E-state index >= 15 is 0 Å². The molecule has 1 rings (SSSR count). The van der Waals surface area contributed by atoms with Crippen molar-refractivity contribution >= 4 is 18.1 Å². The molecule has 1 amide bonds. The number of carbonyl (C=O) groups is 2. The van der Waals surface area contributed by atoms with Crippen molar-refractivity contribution < 1.29 is 29.1 Å². The van der Waals surface area contributed by atoms with Crippen molar-refractivity contribution in [1.82, 2.24) is 5.32 Å². The smallest absolute Gasteiger partial charge is 0.408 e. The first kappa shape index (κ1) is 19.2. The van der Waals surface area contributed by atoms with Gasteiger partial charge in [-0.3, -0.25) is 10.1 Å². The van der Waals surface area contributed by atoms with Crippen molar-refractivity contribution in [2.24, 2.45) is 0 Å². The number of ether oxygens (including phenoxy) is 2. The van der Waals surface area contributed by atoms with Crippen LogP contribution in [0.5, 0.6) is 11.5 Å². The van der Waals surface area contributed by atoms with E-state index in [0.717, 1.165) is 6.07 Å². The molecular formula is C15H20N2O7. The number of hydrogen-bond donors (Lipinski definition) is 2. The molecule has 1 unspecified atom stereocenters. The van der Waals surface area contributed by atoms with Gasteiger partial charge in [-0.25, -0.2) is 4.79 Å². The van der Waals surface area contributed by atoms with Crippen LogP contribution in [0.15, 0.2) is 12.1 Å². The van der Waals surface area contributed by atoms with E-state index in [9.17, 15) is 24.8 Å². The van der Waals surface area contributed by atoms with Crippen molar-refractivity contribution in [2.75, 3.05) is 7.11 Å². The predicted octanol–water partition coefficient (Wildman–Crippen LogP) is 2.25. The summed E-state index contributed by atoms with van der Waals surface area (Å²) in [4.78, 5) is 33.7. The van der Waals surface area contributed by atoms with Crippen molar-refractivity contribution in [3.63, 3.8) is 0 Å². The first-order chi connectivity index (χ1) is 10.9. The fourth-order valence-corrected chi connectivity index (χ4v) is 1.87. The lowest BCUT2D eigenvalue weighted by molar-refractivity contribution is -0.386. The van der Waals surface area contributed by atoms with Gasteiger partial charge in [-0.15, -0.1) is 0 Å². The quantitative estimate of drug-likeness (QED) is 0.478. The normalized spacial score (nSPS) is 13.5. The van der Waals surface area contributed by atoms with Crippen LogP contribution in [0.25, 0.3) is 0 Å². The predicted molar refractivity (Wildman–Crippen MR) is 84.1 cm³/mol. The Hall–Kier alpha value is -2.84. The van der Waals surface area contributed by atoms with Crippen molar-refractivity contribution in [1.29, 1.82) is 0 Å². The van der Waals surface area contributed by atoms with Crippen molar-refractivity contribution in [3.8, 4) is 11.5 Å². The van der Waals surface area contributed by atoms with Gasteiger partial charge in [0.05, 0.1) is 12.0 Å². The maximum absolute atomic E-state index is 11.9. The molecule has 1 atom stereocenters. The van der Waals surface area contributed by atoms with E-state index in [-0.39, 0.29) is 11.3 Å². The lowest BCUT2D eigenvalue weighted by Gasteiger charge is -2.28. The van der Waals surface area contributed by atoms with Gasteiger partial charge in [0.25, 0.3) is 0 Å². The number of phenols is 1. The number of carbonyl (C=O) groups excluding carboxylic acids is 2. The fraction of sp³-hybridized carbons (Fsp3) is 0.467. The fourth-order valence-electron chi connectivity index (χ4n) is 1.87. The number of amides is 1. The third-order valence-corrected chi connectivity index (χ3v) is 3.07. The molecule has 0 spiro atoms. The highest BCUT2D eigenvalue weighted by molar-refractivity contribution is 5.79. The van der Waals surface area contributed by atoms with Crippen LogP contribution in [-0.4, -0.2) is 35.1 Å². The summed E-state index contributed by atoms with van der Waals surface area (Å²) >= 11 is 0. The highest BCUT2D eigenvalue weighted by atomic mass is 16.6. The Morgan fingerprint density at radius 2 is 1.92 bits per heavy atom. The minimum Gasteiger partial charge on any atom is -0.500 e. The number of nitro benzene ring substituents is 1. The number of phenolic OH excluding ortho intramolecular Hbond substituents is 1. The number of methoxy groups -OCH3 is 1. The number of aromatic hydroxyl groups is 1. The average molecular weight is 340 g/mol. The Labute approximate surface area is 138 Å². The van der Waals surface area contributed by atoms with Gasteiger partial charge in [-0.05, 0) is 39.3 Å². The van der Waals surface area contributed by atoms with E-state index in [2.05, 4.69) is 5.32 Å². The largest absolute Gasteiger partial charge is 0.500 e. The monoisotopic (exact) mass is 340 g/mol. The summed E-state index contributed by atoms with van der Waals surface area (Å²) in [6.07, 6.45) is -0.460. The lowest BCUT2D eigenvalue weighted by Crippen LogP contribution is -2.47. The third kappa shape index (κ3) is 4.34.